The van der Waals surface area contributed by atoms with Crippen LogP contribution < -0.4 is 5.32 Å². The third-order valence-electron chi connectivity index (χ3n) is 2.12. The Kier molecular flexibility index (Phi) is 3.01. The first-order valence-corrected chi connectivity index (χ1v) is 6.23. The van der Waals surface area contributed by atoms with Gasteiger partial charge < -0.3 is 4.42 Å². The molecule has 0 aromatic carbocycles. The highest BCUT2D eigenvalue weighted by Crippen LogP contribution is 2.33. The summed E-state index contributed by atoms with van der Waals surface area (Å²) in [6.07, 6.45) is 1.24. The third kappa shape index (κ3) is 2.30. The van der Waals surface area contributed by atoms with Gasteiger partial charge in [-0.05, 0) is 47.2 Å². The lowest BCUT2D eigenvalue weighted by Crippen LogP contribution is -2.33. The highest BCUT2D eigenvalue weighted by molar-refractivity contribution is 9.10. The summed E-state index contributed by atoms with van der Waals surface area (Å²) in [4.78, 5) is 0. The van der Waals surface area contributed by atoms with Gasteiger partial charge in [0.1, 0.15) is 11.1 Å². The van der Waals surface area contributed by atoms with Crippen molar-refractivity contribution in [1.82, 2.24) is 5.32 Å². The van der Waals surface area contributed by atoms with Crippen LogP contribution in [0.25, 0.3) is 0 Å². The molecule has 1 N–H and O–H groups in total. The zero-order chi connectivity index (χ0) is 9.26. The molecule has 72 valence electrons. The van der Waals surface area contributed by atoms with Gasteiger partial charge in [-0.2, -0.15) is 0 Å². The van der Waals surface area contributed by atoms with Crippen LogP contribution in [0.4, 0.5) is 0 Å². The minimum absolute atomic E-state index is 0.329. The standard InChI is InChI=1S/C9H12BrNOS/c1-6-4-5-13-9(11-6)7-2-3-8(10)12-7/h2-3,6,9,11H,4-5H2,1H3. The first-order valence-electron chi connectivity index (χ1n) is 4.38. The predicted molar refractivity (Wildman–Crippen MR) is 58.8 cm³/mol. The second-order valence-electron chi connectivity index (χ2n) is 3.25. The van der Waals surface area contributed by atoms with Crippen LogP contribution in [0.15, 0.2) is 21.2 Å². The first-order chi connectivity index (χ1) is 6.25. The smallest absolute Gasteiger partial charge is 0.169 e. The average molecular weight is 262 g/mol. The Balaban J connectivity index is 2.08. The van der Waals surface area contributed by atoms with E-state index >= 15 is 0 Å². The van der Waals surface area contributed by atoms with Crippen LogP contribution >= 0.6 is 27.7 Å². The van der Waals surface area contributed by atoms with Crippen molar-refractivity contribution < 1.29 is 4.42 Å². The highest BCUT2D eigenvalue weighted by atomic mass is 79.9. The van der Waals surface area contributed by atoms with Crippen molar-refractivity contribution in [3.05, 3.63) is 22.6 Å². The van der Waals surface area contributed by atoms with Crippen LogP contribution in [0.1, 0.15) is 24.5 Å². The van der Waals surface area contributed by atoms with Crippen LogP contribution in [-0.4, -0.2) is 11.8 Å². The fourth-order valence-corrected chi connectivity index (χ4v) is 3.05. The molecule has 2 nitrogen and oxygen atoms in total. The maximum atomic E-state index is 5.50. The number of furan rings is 1. The summed E-state index contributed by atoms with van der Waals surface area (Å²) >= 11 is 5.22. The topological polar surface area (TPSA) is 25.2 Å². The Morgan fingerprint density at radius 3 is 3.08 bits per heavy atom. The van der Waals surface area contributed by atoms with E-state index in [0.29, 0.717) is 11.4 Å². The second-order valence-corrected chi connectivity index (χ2v) is 5.24. The van der Waals surface area contributed by atoms with Crippen molar-refractivity contribution in [2.45, 2.75) is 24.8 Å². The molecule has 1 aromatic heterocycles. The molecule has 1 aliphatic heterocycles. The minimum Gasteiger partial charge on any atom is -0.452 e. The molecule has 0 saturated carbocycles. The molecule has 0 radical (unpaired) electrons. The molecule has 0 aliphatic carbocycles. The molecule has 0 spiro atoms. The van der Waals surface area contributed by atoms with Gasteiger partial charge in [-0.3, -0.25) is 5.32 Å². The number of halogens is 1. The van der Waals surface area contributed by atoms with Gasteiger partial charge in [-0.1, -0.05) is 0 Å². The molecule has 1 aliphatic rings. The van der Waals surface area contributed by atoms with E-state index in [0.717, 1.165) is 10.4 Å². The van der Waals surface area contributed by atoms with E-state index in [9.17, 15) is 0 Å². The van der Waals surface area contributed by atoms with Gasteiger partial charge in [0.25, 0.3) is 0 Å². The maximum absolute atomic E-state index is 5.50. The van der Waals surface area contributed by atoms with Crippen LogP contribution in [0, 0.1) is 0 Å². The molecule has 13 heavy (non-hydrogen) atoms. The van der Waals surface area contributed by atoms with Crippen LogP contribution in [0.5, 0.6) is 0 Å². The first kappa shape index (κ1) is 9.62. The van der Waals surface area contributed by atoms with E-state index in [2.05, 4.69) is 28.2 Å². The monoisotopic (exact) mass is 261 g/mol. The molecule has 2 atom stereocenters. The summed E-state index contributed by atoms with van der Waals surface area (Å²) in [5, 5.41) is 3.82. The Hall–Kier alpha value is 0.0700. The lowest BCUT2D eigenvalue weighted by molar-refractivity contribution is 0.424. The summed E-state index contributed by atoms with van der Waals surface area (Å²) in [5.41, 5.74) is 0. The number of hydrogen-bond donors (Lipinski definition) is 1. The van der Waals surface area contributed by atoms with Crippen LogP contribution in [-0.2, 0) is 0 Å². The largest absolute Gasteiger partial charge is 0.452 e. The van der Waals surface area contributed by atoms with Gasteiger partial charge in [-0.15, -0.1) is 11.8 Å². The molecule has 1 fully saturated rings. The predicted octanol–water partition coefficient (Wildman–Crippen LogP) is 3.16. The van der Waals surface area contributed by atoms with Crippen molar-refractivity contribution in [2.24, 2.45) is 0 Å². The van der Waals surface area contributed by atoms with Gasteiger partial charge in [0.2, 0.25) is 0 Å². The maximum Gasteiger partial charge on any atom is 0.169 e. The van der Waals surface area contributed by atoms with Crippen LogP contribution in [0.2, 0.25) is 0 Å². The molecular formula is C9H12BrNOS. The van der Waals surface area contributed by atoms with Gasteiger partial charge >= 0.3 is 0 Å². The fraction of sp³-hybridized carbons (Fsp3) is 0.556. The van der Waals surface area contributed by atoms with E-state index in [1.54, 1.807) is 0 Å². The Morgan fingerprint density at radius 2 is 2.46 bits per heavy atom. The molecule has 1 aromatic rings. The normalized spacial score (nSPS) is 29.1. The Bertz CT molecular complexity index is 289. The van der Waals surface area contributed by atoms with Crippen molar-refractivity contribution in [3.8, 4) is 0 Å². The van der Waals surface area contributed by atoms with Gasteiger partial charge in [0.05, 0.1) is 0 Å². The summed E-state index contributed by atoms with van der Waals surface area (Å²) in [7, 11) is 0. The number of nitrogens with one attached hydrogen (secondary N) is 1. The van der Waals surface area contributed by atoms with Gasteiger partial charge in [0, 0.05) is 6.04 Å². The van der Waals surface area contributed by atoms with E-state index in [1.807, 2.05) is 23.9 Å². The molecule has 4 heteroatoms. The fourth-order valence-electron chi connectivity index (χ4n) is 1.39. The second kappa shape index (κ2) is 4.07. The van der Waals surface area contributed by atoms with Gasteiger partial charge in [-0.25, -0.2) is 0 Å². The van der Waals surface area contributed by atoms with Crippen molar-refractivity contribution in [1.29, 1.82) is 0 Å². The van der Waals surface area contributed by atoms with Crippen molar-refractivity contribution >= 4 is 27.7 Å². The van der Waals surface area contributed by atoms with E-state index in [-0.39, 0.29) is 0 Å². The summed E-state index contributed by atoms with van der Waals surface area (Å²) in [5.74, 6) is 2.22. The summed E-state index contributed by atoms with van der Waals surface area (Å²) in [6.45, 7) is 2.21. The number of thioether (sulfide) groups is 1. The molecule has 0 bridgehead atoms. The minimum atomic E-state index is 0.329. The van der Waals surface area contributed by atoms with Crippen molar-refractivity contribution in [2.75, 3.05) is 5.75 Å². The number of hydrogen-bond acceptors (Lipinski definition) is 3. The molecule has 2 rings (SSSR count). The third-order valence-corrected chi connectivity index (χ3v) is 3.72. The number of rotatable bonds is 1. The van der Waals surface area contributed by atoms with Crippen molar-refractivity contribution in [3.63, 3.8) is 0 Å². The van der Waals surface area contributed by atoms with Gasteiger partial charge in [0.15, 0.2) is 4.67 Å². The Morgan fingerprint density at radius 1 is 1.62 bits per heavy atom. The molecule has 1 saturated heterocycles. The van der Waals surface area contributed by atoms with Crippen LogP contribution in [0.3, 0.4) is 0 Å². The molecular weight excluding hydrogens is 250 g/mol. The Labute approximate surface area is 90.6 Å². The molecule has 2 unspecified atom stereocenters. The summed E-state index contributed by atoms with van der Waals surface area (Å²) in [6, 6.07) is 4.55. The summed E-state index contributed by atoms with van der Waals surface area (Å²) < 4.78 is 6.31. The quantitative estimate of drug-likeness (QED) is 0.841. The zero-order valence-electron chi connectivity index (χ0n) is 7.42. The highest BCUT2D eigenvalue weighted by Gasteiger charge is 2.22. The molecule has 0 amide bonds. The van der Waals surface area contributed by atoms with E-state index in [1.165, 1.54) is 12.2 Å². The molecule has 2 heterocycles. The lowest BCUT2D eigenvalue weighted by Gasteiger charge is -2.26. The average Bonchev–Trinajstić information content (AvgIpc) is 2.52. The SMILES string of the molecule is CC1CCSC(c2ccc(Br)o2)N1. The lowest BCUT2D eigenvalue weighted by atomic mass is 10.2. The van der Waals surface area contributed by atoms with E-state index < -0.39 is 0 Å². The zero-order valence-corrected chi connectivity index (χ0v) is 9.82. The van der Waals surface area contributed by atoms with E-state index in [4.69, 9.17) is 4.42 Å².